The summed E-state index contributed by atoms with van der Waals surface area (Å²) in [6, 6.07) is 19.6. The minimum absolute atomic E-state index is 0.0356. The number of halogens is 1. The summed E-state index contributed by atoms with van der Waals surface area (Å²) in [5, 5.41) is 2.93. The summed E-state index contributed by atoms with van der Waals surface area (Å²) < 4.78 is 51.9. The van der Waals surface area contributed by atoms with Crippen LogP contribution in [-0.4, -0.2) is 68.9 Å². The van der Waals surface area contributed by atoms with Gasteiger partial charge in [-0.15, -0.1) is 0 Å². The molecule has 0 aromatic heterocycles. The fourth-order valence-corrected chi connectivity index (χ4v) is 5.90. The third kappa shape index (κ3) is 8.15. The van der Waals surface area contributed by atoms with Crippen molar-refractivity contribution in [1.29, 1.82) is 0 Å². The predicted molar refractivity (Wildman–Crippen MR) is 155 cm³/mol. The van der Waals surface area contributed by atoms with Gasteiger partial charge < -0.3 is 19.7 Å². The number of ether oxygens (including phenoxy) is 2. The standard InChI is InChI=1S/C31H36FN3O6S/c1-23(2)20-33-31(37)30(25-6-4-3-5-7-25)35(21-24-8-10-26(32)11-9-24)29(36)22-41-27-12-14-28(15-13-27)42(38,39)34-16-18-40-19-17-34/h3-15,23,30H,16-22H2,1-2H3,(H,33,37)/t30-/m0/s1. The number of carbonyl (C=O) groups is 2. The number of amides is 2. The normalized spacial score (nSPS) is 14.8. The Morgan fingerprint density at radius 3 is 2.24 bits per heavy atom. The molecule has 1 N–H and O–H groups in total. The molecule has 1 saturated heterocycles. The summed E-state index contributed by atoms with van der Waals surface area (Å²) in [5.41, 5.74) is 1.26. The molecule has 0 radical (unpaired) electrons. The second-order valence-electron chi connectivity index (χ2n) is 10.4. The summed E-state index contributed by atoms with van der Waals surface area (Å²) in [7, 11) is -3.67. The molecule has 224 valence electrons. The maximum atomic E-state index is 13.7. The SMILES string of the molecule is CC(C)CNC(=O)[C@H](c1ccccc1)N(Cc1ccc(F)cc1)C(=O)COc1ccc(S(=O)(=O)N2CCOCC2)cc1. The third-order valence-corrected chi connectivity index (χ3v) is 8.65. The summed E-state index contributed by atoms with van der Waals surface area (Å²) >= 11 is 0. The Balaban J connectivity index is 1.55. The molecule has 0 saturated carbocycles. The molecule has 1 atom stereocenters. The number of nitrogens with zero attached hydrogens (tertiary/aromatic N) is 2. The van der Waals surface area contributed by atoms with E-state index in [1.54, 1.807) is 36.4 Å². The van der Waals surface area contributed by atoms with Gasteiger partial charge in [0.1, 0.15) is 17.6 Å². The lowest BCUT2D eigenvalue weighted by molar-refractivity contribution is -0.143. The van der Waals surface area contributed by atoms with Crippen LogP contribution in [0.4, 0.5) is 4.39 Å². The Hall–Kier alpha value is -3.80. The average Bonchev–Trinajstić information content (AvgIpc) is 3.00. The first-order valence-corrected chi connectivity index (χ1v) is 15.3. The van der Waals surface area contributed by atoms with Crippen molar-refractivity contribution in [2.75, 3.05) is 39.5 Å². The number of carbonyl (C=O) groups excluding carboxylic acids is 2. The number of rotatable bonds is 12. The molecule has 1 aliphatic rings. The molecular formula is C31H36FN3O6S. The molecule has 9 nitrogen and oxygen atoms in total. The van der Waals surface area contributed by atoms with E-state index in [0.29, 0.717) is 36.6 Å². The highest BCUT2D eigenvalue weighted by atomic mass is 32.2. The van der Waals surface area contributed by atoms with Gasteiger partial charge in [0.15, 0.2) is 6.61 Å². The molecule has 4 rings (SSSR count). The highest BCUT2D eigenvalue weighted by Crippen LogP contribution is 2.25. The van der Waals surface area contributed by atoms with E-state index in [9.17, 15) is 22.4 Å². The number of benzene rings is 3. The Bertz CT molecular complexity index is 1430. The smallest absolute Gasteiger partial charge is 0.261 e. The van der Waals surface area contributed by atoms with Crippen LogP contribution in [0.15, 0.2) is 83.8 Å². The summed E-state index contributed by atoms with van der Waals surface area (Å²) in [4.78, 5) is 28.7. The van der Waals surface area contributed by atoms with Crippen molar-refractivity contribution in [3.63, 3.8) is 0 Å². The molecule has 1 fully saturated rings. The summed E-state index contributed by atoms with van der Waals surface area (Å²) in [6.07, 6.45) is 0. The van der Waals surface area contributed by atoms with Crippen molar-refractivity contribution in [2.45, 2.75) is 31.3 Å². The van der Waals surface area contributed by atoms with E-state index < -0.39 is 34.4 Å². The molecule has 42 heavy (non-hydrogen) atoms. The Labute approximate surface area is 246 Å². The zero-order valence-electron chi connectivity index (χ0n) is 23.7. The van der Waals surface area contributed by atoms with Crippen LogP contribution in [0.5, 0.6) is 5.75 Å². The minimum atomic E-state index is -3.67. The van der Waals surface area contributed by atoms with E-state index in [-0.39, 0.29) is 36.4 Å². The molecule has 2 amide bonds. The lowest BCUT2D eigenvalue weighted by atomic mass is 10.0. The van der Waals surface area contributed by atoms with Crippen molar-refractivity contribution in [1.82, 2.24) is 14.5 Å². The van der Waals surface area contributed by atoms with E-state index in [1.807, 2.05) is 19.9 Å². The predicted octanol–water partition coefficient (Wildman–Crippen LogP) is 3.77. The molecule has 0 spiro atoms. The van der Waals surface area contributed by atoms with Gasteiger partial charge >= 0.3 is 0 Å². The van der Waals surface area contributed by atoms with Crippen LogP contribution >= 0.6 is 0 Å². The molecule has 3 aromatic rings. The van der Waals surface area contributed by atoms with Crippen molar-refractivity contribution < 1.29 is 31.9 Å². The Morgan fingerprint density at radius 2 is 1.62 bits per heavy atom. The number of hydrogen-bond donors (Lipinski definition) is 1. The van der Waals surface area contributed by atoms with Gasteiger partial charge in [-0.2, -0.15) is 4.31 Å². The Kier molecular flexibility index (Phi) is 10.7. The number of morpholine rings is 1. The van der Waals surface area contributed by atoms with Gasteiger partial charge in [-0.05, 0) is 53.4 Å². The molecule has 0 unspecified atom stereocenters. The van der Waals surface area contributed by atoms with Gasteiger partial charge in [0, 0.05) is 26.2 Å². The largest absolute Gasteiger partial charge is 0.484 e. The molecule has 1 aliphatic heterocycles. The summed E-state index contributed by atoms with van der Waals surface area (Å²) in [6.45, 7) is 5.27. The average molecular weight is 598 g/mol. The molecule has 11 heteroatoms. The highest BCUT2D eigenvalue weighted by molar-refractivity contribution is 7.89. The van der Waals surface area contributed by atoms with Crippen molar-refractivity contribution in [3.05, 3.63) is 95.8 Å². The zero-order chi connectivity index (χ0) is 30.1. The molecule has 3 aromatic carbocycles. The van der Waals surface area contributed by atoms with Crippen LogP contribution in [0, 0.1) is 11.7 Å². The van der Waals surface area contributed by atoms with E-state index in [2.05, 4.69) is 5.32 Å². The van der Waals surface area contributed by atoms with E-state index in [4.69, 9.17) is 9.47 Å². The van der Waals surface area contributed by atoms with Gasteiger partial charge in [-0.25, -0.2) is 12.8 Å². The van der Waals surface area contributed by atoms with Gasteiger partial charge in [0.2, 0.25) is 15.9 Å². The van der Waals surface area contributed by atoms with Gasteiger partial charge in [-0.3, -0.25) is 9.59 Å². The lowest BCUT2D eigenvalue weighted by Crippen LogP contribution is -2.45. The molecular weight excluding hydrogens is 561 g/mol. The van der Waals surface area contributed by atoms with Gasteiger partial charge in [0.05, 0.1) is 18.1 Å². The van der Waals surface area contributed by atoms with E-state index in [1.165, 1.54) is 45.6 Å². The zero-order valence-corrected chi connectivity index (χ0v) is 24.6. The van der Waals surface area contributed by atoms with E-state index in [0.717, 1.165) is 0 Å². The minimum Gasteiger partial charge on any atom is -0.484 e. The third-order valence-electron chi connectivity index (χ3n) is 6.74. The summed E-state index contributed by atoms with van der Waals surface area (Å²) in [5.74, 6) is -0.731. The fraction of sp³-hybridized carbons (Fsp3) is 0.355. The van der Waals surface area contributed by atoms with Crippen molar-refractivity contribution >= 4 is 21.8 Å². The quantitative estimate of drug-likeness (QED) is 0.341. The first-order valence-electron chi connectivity index (χ1n) is 13.8. The first kappa shape index (κ1) is 31.1. The highest BCUT2D eigenvalue weighted by Gasteiger charge is 2.32. The van der Waals surface area contributed by atoms with Crippen LogP contribution in [0.1, 0.15) is 31.0 Å². The Morgan fingerprint density at radius 1 is 0.976 bits per heavy atom. The lowest BCUT2D eigenvalue weighted by Gasteiger charge is -2.32. The molecule has 1 heterocycles. The number of nitrogens with one attached hydrogen (secondary N) is 1. The second kappa shape index (κ2) is 14.4. The van der Waals surface area contributed by atoms with Gasteiger partial charge in [0.25, 0.3) is 5.91 Å². The van der Waals surface area contributed by atoms with E-state index >= 15 is 0 Å². The van der Waals surface area contributed by atoms with Crippen LogP contribution in [0.3, 0.4) is 0 Å². The van der Waals surface area contributed by atoms with Crippen molar-refractivity contribution in [2.24, 2.45) is 5.92 Å². The second-order valence-corrected chi connectivity index (χ2v) is 12.3. The van der Waals surface area contributed by atoms with Crippen LogP contribution in [-0.2, 0) is 30.9 Å². The maximum absolute atomic E-state index is 13.7. The van der Waals surface area contributed by atoms with Crippen molar-refractivity contribution in [3.8, 4) is 5.75 Å². The maximum Gasteiger partial charge on any atom is 0.261 e. The van der Waals surface area contributed by atoms with Gasteiger partial charge in [-0.1, -0.05) is 56.3 Å². The van der Waals surface area contributed by atoms with Crippen LogP contribution in [0.25, 0.3) is 0 Å². The number of hydrogen-bond acceptors (Lipinski definition) is 6. The van der Waals surface area contributed by atoms with Crippen LogP contribution < -0.4 is 10.1 Å². The first-order chi connectivity index (χ1) is 20.1. The monoisotopic (exact) mass is 597 g/mol. The van der Waals surface area contributed by atoms with Crippen LogP contribution in [0.2, 0.25) is 0 Å². The molecule has 0 bridgehead atoms. The number of sulfonamides is 1. The fourth-order valence-electron chi connectivity index (χ4n) is 4.49. The topological polar surface area (TPSA) is 105 Å². The molecule has 0 aliphatic carbocycles.